The van der Waals surface area contributed by atoms with Crippen molar-refractivity contribution in [2.24, 2.45) is 5.73 Å². The molecular weight excluding hydrogens is 256 g/mol. The van der Waals surface area contributed by atoms with Gasteiger partial charge in [-0.25, -0.2) is 0 Å². The van der Waals surface area contributed by atoms with E-state index in [0.717, 1.165) is 17.0 Å². The fourth-order valence-electron chi connectivity index (χ4n) is 1.93. The number of carbonyl (C=O) groups is 1. The summed E-state index contributed by atoms with van der Waals surface area (Å²) in [5, 5.41) is 18.8. The molecule has 1 heterocycles. The van der Waals surface area contributed by atoms with Crippen molar-refractivity contribution in [2.75, 3.05) is 5.32 Å². The molecule has 0 saturated carbocycles. The van der Waals surface area contributed by atoms with Gasteiger partial charge in [-0.3, -0.25) is 9.89 Å². The molecule has 1 aromatic carbocycles. The van der Waals surface area contributed by atoms with E-state index in [0.29, 0.717) is 12.1 Å². The number of hydrogen-bond donors (Lipinski definition) is 4. The highest BCUT2D eigenvalue weighted by atomic mass is 16.3. The number of nitrogens with zero attached hydrogens (tertiary/aromatic N) is 1. The van der Waals surface area contributed by atoms with Gasteiger partial charge in [-0.1, -0.05) is 12.1 Å². The molecule has 1 amide bonds. The molecule has 6 nitrogen and oxygen atoms in total. The van der Waals surface area contributed by atoms with Crippen LogP contribution in [0.2, 0.25) is 0 Å². The maximum absolute atomic E-state index is 12.1. The van der Waals surface area contributed by atoms with Crippen molar-refractivity contribution in [3.05, 3.63) is 41.2 Å². The van der Waals surface area contributed by atoms with Gasteiger partial charge in [0.15, 0.2) is 0 Å². The first kappa shape index (κ1) is 14.1. The number of anilines is 1. The number of phenolic OH excluding ortho intramolecular Hbond substituents is 1. The summed E-state index contributed by atoms with van der Waals surface area (Å²) in [7, 11) is 0. The number of aromatic hydroxyl groups is 1. The van der Waals surface area contributed by atoms with Crippen molar-refractivity contribution in [3.8, 4) is 5.75 Å². The highest BCUT2D eigenvalue weighted by molar-refractivity contribution is 5.95. The van der Waals surface area contributed by atoms with Crippen LogP contribution in [0.25, 0.3) is 0 Å². The van der Waals surface area contributed by atoms with Crippen LogP contribution in [-0.2, 0) is 11.2 Å². The van der Waals surface area contributed by atoms with Crippen molar-refractivity contribution >= 4 is 11.6 Å². The van der Waals surface area contributed by atoms with Crippen molar-refractivity contribution in [3.63, 3.8) is 0 Å². The lowest BCUT2D eigenvalue weighted by Gasteiger charge is -2.12. The highest BCUT2D eigenvalue weighted by Gasteiger charge is 2.17. The molecule has 20 heavy (non-hydrogen) atoms. The fourth-order valence-corrected chi connectivity index (χ4v) is 1.93. The molecule has 6 heteroatoms. The Morgan fingerprint density at radius 3 is 2.60 bits per heavy atom. The molecule has 5 N–H and O–H groups in total. The average Bonchev–Trinajstić information content (AvgIpc) is 2.73. The summed E-state index contributed by atoms with van der Waals surface area (Å²) in [4.78, 5) is 12.1. The normalized spacial score (nSPS) is 12.2. The number of aryl methyl sites for hydroxylation is 2. The van der Waals surface area contributed by atoms with E-state index in [-0.39, 0.29) is 11.7 Å². The monoisotopic (exact) mass is 274 g/mol. The van der Waals surface area contributed by atoms with E-state index in [1.165, 1.54) is 0 Å². The third-order valence-corrected chi connectivity index (χ3v) is 3.11. The first-order valence-electron chi connectivity index (χ1n) is 6.33. The molecule has 0 spiro atoms. The maximum Gasteiger partial charge on any atom is 0.241 e. The molecule has 2 rings (SSSR count). The van der Waals surface area contributed by atoms with E-state index in [9.17, 15) is 9.90 Å². The molecule has 0 bridgehead atoms. The van der Waals surface area contributed by atoms with Crippen LogP contribution in [0.3, 0.4) is 0 Å². The van der Waals surface area contributed by atoms with Crippen LogP contribution in [0, 0.1) is 13.8 Å². The number of hydrogen-bond acceptors (Lipinski definition) is 4. The lowest BCUT2D eigenvalue weighted by molar-refractivity contribution is -0.117. The van der Waals surface area contributed by atoms with Gasteiger partial charge in [0.2, 0.25) is 5.91 Å². The molecule has 1 atom stereocenters. The second kappa shape index (κ2) is 5.75. The number of benzene rings is 1. The minimum Gasteiger partial charge on any atom is -0.508 e. The van der Waals surface area contributed by atoms with Crippen LogP contribution < -0.4 is 11.1 Å². The SMILES string of the molecule is Cc1n[nH]c(C)c1NC(=O)C(N)Cc1ccc(O)cc1. The first-order valence-corrected chi connectivity index (χ1v) is 6.33. The fraction of sp³-hybridized carbons (Fsp3) is 0.286. The number of H-pyrrole nitrogens is 1. The van der Waals surface area contributed by atoms with Crippen molar-refractivity contribution in [1.82, 2.24) is 10.2 Å². The van der Waals surface area contributed by atoms with Crippen LogP contribution >= 0.6 is 0 Å². The number of aromatic nitrogens is 2. The van der Waals surface area contributed by atoms with E-state index < -0.39 is 6.04 Å². The molecule has 1 unspecified atom stereocenters. The van der Waals surface area contributed by atoms with Gasteiger partial charge in [-0.2, -0.15) is 5.10 Å². The first-order chi connectivity index (χ1) is 9.47. The minimum absolute atomic E-state index is 0.191. The summed E-state index contributed by atoms with van der Waals surface area (Å²) in [5.74, 6) is -0.0675. The van der Waals surface area contributed by atoms with Crippen LogP contribution in [0.15, 0.2) is 24.3 Å². The Balaban J connectivity index is 2.00. The second-order valence-corrected chi connectivity index (χ2v) is 4.78. The van der Waals surface area contributed by atoms with E-state index in [1.807, 2.05) is 13.8 Å². The molecule has 0 aliphatic rings. The maximum atomic E-state index is 12.1. The molecule has 0 radical (unpaired) electrons. The largest absolute Gasteiger partial charge is 0.508 e. The number of nitrogens with one attached hydrogen (secondary N) is 2. The van der Waals surface area contributed by atoms with Gasteiger partial charge in [0, 0.05) is 0 Å². The zero-order chi connectivity index (χ0) is 14.7. The summed E-state index contributed by atoms with van der Waals surface area (Å²) in [6.07, 6.45) is 0.405. The number of amides is 1. The molecule has 0 aliphatic heterocycles. The zero-order valence-electron chi connectivity index (χ0n) is 11.5. The lowest BCUT2D eigenvalue weighted by Crippen LogP contribution is -2.37. The Kier molecular flexibility index (Phi) is 4.05. The summed E-state index contributed by atoms with van der Waals surface area (Å²) < 4.78 is 0. The van der Waals surface area contributed by atoms with E-state index >= 15 is 0 Å². The van der Waals surface area contributed by atoms with Gasteiger partial charge < -0.3 is 16.2 Å². The van der Waals surface area contributed by atoms with Crippen LogP contribution in [-0.4, -0.2) is 27.3 Å². The topological polar surface area (TPSA) is 104 Å². The smallest absolute Gasteiger partial charge is 0.241 e. The number of nitrogens with two attached hydrogens (primary N) is 1. The molecule has 0 saturated heterocycles. The molecular formula is C14H18N4O2. The van der Waals surface area contributed by atoms with Gasteiger partial charge in [0.25, 0.3) is 0 Å². The molecule has 2 aromatic rings. The minimum atomic E-state index is -0.659. The van der Waals surface area contributed by atoms with Crippen LogP contribution in [0.5, 0.6) is 5.75 Å². The van der Waals surface area contributed by atoms with Crippen LogP contribution in [0.1, 0.15) is 17.0 Å². The quantitative estimate of drug-likeness (QED) is 0.673. The Bertz CT molecular complexity index is 585. The summed E-state index contributed by atoms with van der Waals surface area (Å²) >= 11 is 0. The zero-order valence-corrected chi connectivity index (χ0v) is 11.5. The number of aromatic amines is 1. The van der Waals surface area contributed by atoms with E-state index in [4.69, 9.17) is 5.73 Å². The molecule has 0 aliphatic carbocycles. The Morgan fingerprint density at radius 1 is 1.40 bits per heavy atom. The summed E-state index contributed by atoms with van der Waals surface area (Å²) in [5.41, 5.74) is 9.00. The highest BCUT2D eigenvalue weighted by Crippen LogP contribution is 2.17. The predicted molar refractivity (Wildman–Crippen MR) is 76.5 cm³/mol. The van der Waals surface area contributed by atoms with E-state index in [2.05, 4.69) is 15.5 Å². The predicted octanol–water partition coefficient (Wildman–Crippen LogP) is 1.24. The van der Waals surface area contributed by atoms with Crippen molar-refractivity contribution in [2.45, 2.75) is 26.3 Å². The molecule has 0 fully saturated rings. The summed E-state index contributed by atoms with van der Waals surface area (Å²) in [6.45, 7) is 3.64. The Hall–Kier alpha value is -2.34. The number of phenols is 1. The van der Waals surface area contributed by atoms with Gasteiger partial charge in [0.05, 0.1) is 23.1 Å². The third-order valence-electron chi connectivity index (χ3n) is 3.11. The lowest BCUT2D eigenvalue weighted by atomic mass is 10.1. The van der Waals surface area contributed by atoms with E-state index in [1.54, 1.807) is 24.3 Å². The van der Waals surface area contributed by atoms with Crippen molar-refractivity contribution in [1.29, 1.82) is 0 Å². The summed E-state index contributed by atoms with van der Waals surface area (Å²) in [6, 6.07) is 5.98. The Morgan fingerprint density at radius 2 is 2.05 bits per heavy atom. The van der Waals surface area contributed by atoms with Gasteiger partial charge in [-0.15, -0.1) is 0 Å². The third kappa shape index (κ3) is 3.16. The van der Waals surface area contributed by atoms with Gasteiger partial charge >= 0.3 is 0 Å². The Labute approximate surface area is 117 Å². The molecule has 1 aromatic heterocycles. The van der Waals surface area contributed by atoms with Crippen molar-refractivity contribution < 1.29 is 9.90 Å². The average molecular weight is 274 g/mol. The van der Waals surface area contributed by atoms with Gasteiger partial charge in [0.1, 0.15) is 5.75 Å². The molecule has 106 valence electrons. The van der Waals surface area contributed by atoms with Crippen LogP contribution in [0.4, 0.5) is 5.69 Å². The van der Waals surface area contributed by atoms with Gasteiger partial charge in [-0.05, 0) is 38.0 Å². The second-order valence-electron chi connectivity index (χ2n) is 4.78. The number of rotatable bonds is 4. The number of carbonyl (C=O) groups excluding carboxylic acids is 1. The standard InChI is InChI=1S/C14H18N4O2/c1-8-13(9(2)18-17-8)16-14(20)12(15)7-10-3-5-11(19)6-4-10/h3-6,12,19H,7,15H2,1-2H3,(H,16,20)(H,17,18).